The fourth-order valence-corrected chi connectivity index (χ4v) is 2.26. The number of aliphatic hydroxyl groups excluding tert-OH is 1. The molecule has 0 aliphatic carbocycles. The largest absolute Gasteiger partial charge is 0.512 e. The Morgan fingerprint density at radius 3 is 2.11 bits per heavy atom. The fourth-order valence-electron chi connectivity index (χ4n) is 2.26. The molecular weight excluding hydrogens is 226 g/mol. The maximum atomic E-state index is 12.0. The number of carbonyl (C=O) groups excluding carboxylic acids is 1. The molecule has 0 spiro atoms. The molecule has 0 radical (unpaired) electrons. The third kappa shape index (κ3) is 3.87. The highest BCUT2D eigenvalue weighted by atomic mass is 16.3. The van der Waals surface area contributed by atoms with Crippen LogP contribution in [0.3, 0.4) is 0 Å². The van der Waals surface area contributed by atoms with E-state index in [0.29, 0.717) is 6.42 Å². The van der Waals surface area contributed by atoms with Crippen LogP contribution in [0.5, 0.6) is 0 Å². The smallest absolute Gasteiger partial charge is 0.163 e. The van der Waals surface area contributed by atoms with Crippen LogP contribution >= 0.6 is 0 Å². The van der Waals surface area contributed by atoms with Gasteiger partial charge in [-0.2, -0.15) is 5.26 Å². The molecule has 3 heteroatoms. The molecule has 1 N–H and O–H groups in total. The zero-order chi connectivity index (χ0) is 14.2. The molecule has 0 heterocycles. The van der Waals surface area contributed by atoms with Crippen molar-refractivity contribution in [3.05, 3.63) is 11.8 Å². The Bertz CT molecular complexity index is 327. The van der Waals surface area contributed by atoms with Gasteiger partial charge >= 0.3 is 0 Å². The van der Waals surface area contributed by atoms with Crippen LogP contribution in [-0.4, -0.2) is 10.9 Å². The first-order valence-corrected chi connectivity index (χ1v) is 6.83. The van der Waals surface area contributed by atoms with Crippen LogP contribution in [0.1, 0.15) is 59.8 Å². The van der Waals surface area contributed by atoms with Gasteiger partial charge in [-0.1, -0.05) is 27.7 Å². The molecule has 1 unspecified atom stereocenters. The van der Waals surface area contributed by atoms with Crippen LogP contribution in [0.15, 0.2) is 11.8 Å². The van der Waals surface area contributed by atoms with Gasteiger partial charge in [-0.15, -0.1) is 0 Å². The lowest BCUT2D eigenvalue weighted by molar-refractivity contribution is -0.118. The summed E-state index contributed by atoms with van der Waals surface area (Å²) in [5.74, 6) is -0.243. The van der Waals surface area contributed by atoms with Crippen molar-refractivity contribution in [1.29, 1.82) is 5.26 Å². The summed E-state index contributed by atoms with van der Waals surface area (Å²) in [6.45, 7) is 7.95. The summed E-state index contributed by atoms with van der Waals surface area (Å²) in [4.78, 5) is 12.0. The predicted molar refractivity (Wildman–Crippen MR) is 73.0 cm³/mol. The molecule has 0 saturated heterocycles. The van der Waals surface area contributed by atoms with Crippen LogP contribution in [0.4, 0.5) is 0 Å². The number of hydrogen-bond acceptors (Lipinski definition) is 3. The highest BCUT2D eigenvalue weighted by Crippen LogP contribution is 2.37. The summed E-state index contributed by atoms with van der Waals surface area (Å²) < 4.78 is 0. The molecular formula is C15H25NO2. The Labute approximate surface area is 111 Å². The first-order chi connectivity index (χ1) is 8.51. The van der Waals surface area contributed by atoms with E-state index in [0.717, 1.165) is 19.3 Å². The standard InChI is InChI=1S/C15H25NO2/c1-5-12(9-10-16)13(17)11-14(18)15(6-2,7-3)8-4/h11-12,18H,5-9H2,1-4H3/b14-11-. The molecule has 0 amide bonds. The minimum atomic E-state index is -0.291. The van der Waals surface area contributed by atoms with E-state index < -0.39 is 0 Å². The highest BCUT2D eigenvalue weighted by molar-refractivity contribution is 5.92. The van der Waals surface area contributed by atoms with Crippen LogP contribution in [-0.2, 0) is 4.79 Å². The van der Waals surface area contributed by atoms with E-state index in [1.807, 2.05) is 33.8 Å². The topological polar surface area (TPSA) is 61.1 Å². The molecule has 0 rings (SSSR count). The molecule has 0 aromatic heterocycles. The van der Waals surface area contributed by atoms with Crippen LogP contribution in [0.25, 0.3) is 0 Å². The minimum absolute atomic E-state index is 0.128. The van der Waals surface area contributed by atoms with E-state index in [9.17, 15) is 9.90 Å². The lowest BCUT2D eigenvalue weighted by atomic mass is 9.77. The second-order valence-corrected chi connectivity index (χ2v) is 4.74. The molecule has 102 valence electrons. The number of carbonyl (C=O) groups is 1. The Hall–Kier alpha value is -1.30. The molecule has 0 aliphatic heterocycles. The summed E-state index contributed by atoms with van der Waals surface area (Å²) in [5, 5.41) is 18.9. The Balaban J connectivity index is 5.06. The molecule has 0 saturated carbocycles. The fraction of sp³-hybridized carbons (Fsp3) is 0.733. The Morgan fingerprint density at radius 2 is 1.78 bits per heavy atom. The maximum absolute atomic E-state index is 12.0. The number of allylic oxidation sites excluding steroid dienone is 2. The normalized spacial score (nSPS) is 14.1. The molecule has 1 atom stereocenters. The van der Waals surface area contributed by atoms with E-state index in [-0.39, 0.29) is 29.3 Å². The minimum Gasteiger partial charge on any atom is -0.512 e. The molecule has 3 nitrogen and oxygen atoms in total. The Morgan fingerprint density at radius 1 is 1.28 bits per heavy atom. The van der Waals surface area contributed by atoms with Crippen molar-refractivity contribution in [2.45, 2.75) is 59.8 Å². The van der Waals surface area contributed by atoms with Gasteiger partial charge in [-0.3, -0.25) is 4.79 Å². The van der Waals surface area contributed by atoms with Crippen molar-refractivity contribution in [2.24, 2.45) is 11.3 Å². The van der Waals surface area contributed by atoms with Gasteiger partial charge in [-0.25, -0.2) is 0 Å². The molecule has 0 aromatic carbocycles. The third-order valence-electron chi connectivity index (χ3n) is 4.09. The number of hydrogen-bond donors (Lipinski definition) is 1. The number of rotatable bonds is 8. The summed E-state index contributed by atoms with van der Waals surface area (Å²) in [6, 6.07) is 2.02. The van der Waals surface area contributed by atoms with Gasteiger partial charge in [0.15, 0.2) is 5.78 Å². The molecule has 0 fully saturated rings. The molecule has 0 aromatic rings. The second-order valence-electron chi connectivity index (χ2n) is 4.74. The lowest BCUT2D eigenvalue weighted by Gasteiger charge is -2.29. The first-order valence-electron chi connectivity index (χ1n) is 6.83. The van der Waals surface area contributed by atoms with Crippen molar-refractivity contribution in [1.82, 2.24) is 0 Å². The van der Waals surface area contributed by atoms with E-state index in [4.69, 9.17) is 5.26 Å². The van der Waals surface area contributed by atoms with Gasteiger partial charge in [0, 0.05) is 23.8 Å². The lowest BCUT2D eigenvalue weighted by Crippen LogP contribution is -2.23. The zero-order valence-electron chi connectivity index (χ0n) is 12.0. The third-order valence-corrected chi connectivity index (χ3v) is 4.09. The number of nitrogens with zero attached hydrogens (tertiary/aromatic N) is 1. The van der Waals surface area contributed by atoms with E-state index in [2.05, 4.69) is 0 Å². The number of aliphatic hydroxyl groups is 1. The van der Waals surface area contributed by atoms with E-state index in [1.54, 1.807) is 0 Å². The van der Waals surface area contributed by atoms with E-state index >= 15 is 0 Å². The SMILES string of the molecule is CCC(CC#N)C(=O)/C=C(\O)C(CC)(CC)CC. The van der Waals surface area contributed by atoms with Crippen molar-refractivity contribution in [3.8, 4) is 6.07 Å². The first kappa shape index (κ1) is 16.7. The van der Waals surface area contributed by atoms with Gasteiger partial charge in [0.05, 0.1) is 6.07 Å². The van der Waals surface area contributed by atoms with Crippen LogP contribution in [0, 0.1) is 22.7 Å². The van der Waals surface area contributed by atoms with Gasteiger partial charge < -0.3 is 5.11 Å². The van der Waals surface area contributed by atoms with Crippen molar-refractivity contribution in [3.63, 3.8) is 0 Å². The summed E-state index contributed by atoms with van der Waals surface area (Å²) in [5.41, 5.74) is -0.291. The van der Waals surface area contributed by atoms with Crippen molar-refractivity contribution < 1.29 is 9.90 Å². The van der Waals surface area contributed by atoms with E-state index in [1.165, 1.54) is 6.08 Å². The maximum Gasteiger partial charge on any atom is 0.163 e. The van der Waals surface area contributed by atoms with Gasteiger partial charge in [0.1, 0.15) is 5.76 Å². The zero-order valence-corrected chi connectivity index (χ0v) is 12.0. The molecule has 0 aliphatic rings. The van der Waals surface area contributed by atoms with Crippen LogP contribution < -0.4 is 0 Å². The summed E-state index contributed by atoms with van der Waals surface area (Å²) in [6.07, 6.45) is 4.63. The number of nitriles is 1. The molecule has 0 bridgehead atoms. The predicted octanol–water partition coefficient (Wildman–Crippen LogP) is 4.15. The summed E-state index contributed by atoms with van der Waals surface area (Å²) >= 11 is 0. The monoisotopic (exact) mass is 251 g/mol. The Kier molecular flexibility index (Phi) is 7.35. The summed E-state index contributed by atoms with van der Waals surface area (Å²) in [7, 11) is 0. The highest BCUT2D eigenvalue weighted by Gasteiger charge is 2.30. The molecule has 18 heavy (non-hydrogen) atoms. The van der Waals surface area contributed by atoms with Gasteiger partial charge in [0.25, 0.3) is 0 Å². The van der Waals surface area contributed by atoms with Gasteiger partial charge in [-0.05, 0) is 25.7 Å². The van der Waals surface area contributed by atoms with Crippen molar-refractivity contribution in [2.75, 3.05) is 0 Å². The number of ketones is 1. The van der Waals surface area contributed by atoms with Gasteiger partial charge in [0.2, 0.25) is 0 Å². The quantitative estimate of drug-likeness (QED) is 0.520. The average molecular weight is 251 g/mol. The second kappa shape index (κ2) is 7.92. The van der Waals surface area contributed by atoms with Crippen LogP contribution in [0.2, 0.25) is 0 Å². The van der Waals surface area contributed by atoms with Crippen molar-refractivity contribution >= 4 is 5.78 Å². The average Bonchev–Trinajstić information content (AvgIpc) is 2.38.